The van der Waals surface area contributed by atoms with Gasteiger partial charge in [0.05, 0.1) is 10.6 Å². The molecule has 0 heterocycles. The third-order valence-electron chi connectivity index (χ3n) is 3.60. The maximum Gasteiger partial charge on any atom is 1.00 e. The Morgan fingerprint density at radius 1 is 0.786 bits per heavy atom. The summed E-state index contributed by atoms with van der Waals surface area (Å²) in [6, 6.07) is 12.3. The molecule has 0 bridgehead atoms. The standard InChI is InChI=1S/C16H12N2O7S2.Na/c19-13-7-6-10-8-12(26(20,21)22)9-14(27(23,24)25)15(10)16(13)18-17-11-4-2-1-3-5-11;/h1-9,19H,(H,20,21,22)(H,23,24,25);/q;+1. The summed E-state index contributed by atoms with van der Waals surface area (Å²) in [7, 11) is -9.67. The van der Waals surface area contributed by atoms with Crippen LogP contribution in [0.5, 0.6) is 5.75 Å². The summed E-state index contributed by atoms with van der Waals surface area (Å²) in [5.74, 6) is -0.438. The molecular formula is C16H12N2NaO7S2+. The van der Waals surface area contributed by atoms with Gasteiger partial charge in [-0.3, -0.25) is 9.11 Å². The average molecular weight is 431 g/mol. The topological polar surface area (TPSA) is 154 Å². The zero-order valence-corrected chi connectivity index (χ0v) is 18.0. The molecule has 3 aromatic rings. The first kappa shape index (κ1) is 22.4. The van der Waals surface area contributed by atoms with Gasteiger partial charge in [-0.2, -0.15) is 21.9 Å². The van der Waals surface area contributed by atoms with Gasteiger partial charge in [-0.05, 0) is 35.7 Å². The molecule has 0 amide bonds. The molecule has 3 aromatic carbocycles. The Balaban J connectivity index is 0.00000280. The fourth-order valence-electron chi connectivity index (χ4n) is 2.43. The summed E-state index contributed by atoms with van der Waals surface area (Å²) in [5.41, 5.74) is 0.128. The number of aromatic hydroxyl groups is 1. The summed E-state index contributed by atoms with van der Waals surface area (Å²) in [6.45, 7) is 0. The molecule has 3 N–H and O–H groups in total. The van der Waals surface area contributed by atoms with E-state index in [-0.39, 0.29) is 46.0 Å². The van der Waals surface area contributed by atoms with Crippen molar-refractivity contribution in [1.82, 2.24) is 0 Å². The van der Waals surface area contributed by atoms with Crippen molar-refractivity contribution in [3.05, 3.63) is 54.6 Å². The summed E-state index contributed by atoms with van der Waals surface area (Å²) < 4.78 is 65.1. The Kier molecular flexibility index (Phi) is 6.61. The van der Waals surface area contributed by atoms with Crippen LogP contribution in [0.1, 0.15) is 0 Å². The Labute approximate surface area is 182 Å². The van der Waals surface area contributed by atoms with Crippen LogP contribution < -0.4 is 29.6 Å². The van der Waals surface area contributed by atoms with Crippen molar-refractivity contribution in [2.45, 2.75) is 9.79 Å². The predicted octanol–water partition coefficient (Wildman–Crippen LogP) is 0.458. The molecule has 140 valence electrons. The van der Waals surface area contributed by atoms with E-state index >= 15 is 0 Å². The van der Waals surface area contributed by atoms with E-state index < -0.39 is 35.8 Å². The van der Waals surface area contributed by atoms with Crippen molar-refractivity contribution in [3.63, 3.8) is 0 Å². The SMILES string of the molecule is O=S(=O)(O)c1cc(S(=O)(=O)O)c2c(N=Nc3ccccc3)c(O)ccc2c1.[Na+]. The van der Waals surface area contributed by atoms with Crippen LogP contribution in [-0.4, -0.2) is 31.0 Å². The van der Waals surface area contributed by atoms with Crippen LogP contribution in [0, 0.1) is 0 Å². The average Bonchev–Trinajstić information content (AvgIpc) is 2.59. The zero-order valence-electron chi connectivity index (χ0n) is 14.4. The molecule has 0 saturated heterocycles. The minimum absolute atomic E-state index is 0. The first-order chi connectivity index (χ1) is 12.6. The summed E-state index contributed by atoms with van der Waals surface area (Å²) in [4.78, 5) is -1.58. The van der Waals surface area contributed by atoms with Crippen LogP contribution in [0.3, 0.4) is 0 Å². The molecule has 0 fully saturated rings. The van der Waals surface area contributed by atoms with Crippen molar-refractivity contribution in [2.24, 2.45) is 10.2 Å². The van der Waals surface area contributed by atoms with Crippen molar-refractivity contribution < 1.29 is 60.6 Å². The Bertz CT molecular complexity index is 1280. The molecule has 0 aliphatic heterocycles. The number of fused-ring (bicyclic) bond motifs is 1. The number of hydrogen-bond donors (Lipinski definition) is 3. The van der Waals surface area contributed by atoms with Crippen LogP contribution in [-0.2, 0) is 20.2 Å². The second kappa shape index (κ2) is 8.25. The zero-order chi connectivity index (χ0) is 19.8. The normalized spacial score (nSPS) is 12.2. The van der Waals surface area contributed by atoms with Gasteiger partial charge in [-0.15, -0.1) is 5.11 Å². The van der Waals surface area contributed by atoms with Crippen LogP contribution in [0.25, 0.3) is 10.8 Å². The summed E-state index contributed by atoms with van der Waals surface area (Å²) in [6.07, 6.45) is 0. The maximum absolute atomic E-state index is 11.8. The number of hydrogen-bond acceptors (Lipinski definition) is 7. The third kappa shape index (κ3) is 4.75. The number of benzene rings is 3. The molecule has 0 spiro atoms. The van der Waals surface area contributed by atoms with E-state index in [1.54, 1.807) is 30.3 Å². The smallest absolute Gasteiger partial charge is 0.506 e. The number of phenolic OH excluding ortho intramolecular Hbond substituents is 1. The van der Waals surface area contributed by atoms with Gasteiger partial charge < -0.3 is 5.11 Å². The van der Waals surface area contributed by atoms with E-state index in [0.717, 1.165) is 12.1 Å². The van der Waals surface area contributed by atoms with Gasteiger partial charge in [0.1, 0.15) is 16.3 Å². The first-order valence-corrected chi connectivity index (χ1v) is 10.2. The van der Waals surface area contributed by atoms with Gasteiger partial charge in [-0.25, -0.2) is 0 Å². The second-order valence-corrected chi connectivity index (χ2v) is 8.25. The monoisotopic (exact) mass is 431 g/mol. The molecule has 0 radical (unpaired) electrons. The first-order valence-electron chi connectivity index (χ1n) is 7.29. The molecule has 9 nitrogen and oxygen atoms in total. The molecule has 0 aliphatic rings. The van der Waals surface area contributed by atoms with E-state index in [0.29, 0.717) is 11.8 Å². The fraction of sp³-hybridized carbons (Fsp3) is 0. The van der Waals surface area contributed by atoms with Crippen LogP contribution in [0.2, 0.25) is 0 Å². The molecule has 0 atom stereocenters. The molecule has 0 aromatic heterocycles. The minimum Gasteiger partial charge on any atom is -0.506 e. The third-order valence-corrected chi connectivity index (χ3v) is 5.31. The second-order valence-electron chi connectivity index (χ2n) is 5.44. The quantitative estimate of drug-likeness (QED) is 0.308. The molecule has 0 aliphatic carbocycles. The van der Waals surface area contributed by atoms with Gasteiger partial charge in [0.25, 0.3) is 20.2 Å². The van der Waals surface area contributed by atoms with Gasteiger partial charge in [0.15, 0.2) is 0 Å². The minimum atomic E-state index is -4.92. The molecule has 28 heavy (non-hydrogen) atoms. The van der Waals surface area contributed by atoms with Crippen LogP contribution in [0.4, 0.5) is 11.4 Å². The van der Waals surface area contributed by atoms with Crippen molar-refractivity contribution in [3.8, 4) is 5.75 Å². The number of nitrogens with zero attached hydrogens (tertiary/aromatic N) is 2. The van der Waals surface area contributed by atoms with E-state index in [4.69, 9.17) is 0 Å². The fourth-order valence-corrected chi connectivity index (χ4v) is 3.79. The molecule has 12 heteroatoms. The number of azo groups is 1. The van der Waals surface area contributed by atoms with E-state index in [2.05, 4.69) is 10.2 Å². The predicted molar refractivity (Wildman–Crippen MR) is 95.9 cm³/mol. The van der Waals surface area contributed by atoms with Crippen molar-refractivity contribution in [1.29, 1.82) is 0 Å². The van der Waals surface area contributed by atoms with E-state index in [9.17, 15) is 31.0 Å². The number of rotatable bonds is 4. The van der Waals surface area contributed by atoms with Gasteiger partial charge in [0.2, 0.25) is 0 Å². The van der Waals surface area contributed by atoms with Crippen LogP contribution in [0.15, 0.2) is 74.6 Å². The Hall–Kier alpha value is -1.86. The summed E-state index contributed by atoms with van der Waals surface area (Å²) >= 11 is 0. The van der Waals surface area contributed by atoms with Gasteiger partial charge >= 0.3 is 29.6 Å². The van der Waals surface area contributed by atoms with E-state index in [1.807, 2.05) is 0 Å². The molecule has 3 rings (SSSR count). The molecule has 0 unspecified atom stereocenters. The van der Waals surface area contributed by atoms with Crippen molar-refractivity contribution >= 4 is 42.4 Å². The number of phenols is 1. The van der Waals surface area contributed by atoms with E-state index in [1.165, 1.54) is 6.07 Å². The molecule has 0 saturated carbocycles. The Morgan fingerprint density at radius 2 is 1.43 bits per heavy atom. The van der Waals surface area contributed by atoms with Crippen LogP contribution >= 0.6 is 0 Å². The Morgan fingerprint density at radius 3 is 2.00 bits per heavy atom. The largest absolute Gasteiger partial charge is 1.00 e. The van der Waals surface area contributed by atoms with Gasteiger partial charge in [-0.1, -0.05) is 24.3 Å². The maximum atomic E-state index is 11.8. The summed E-state index contributed by atoms with van der Waals surface area (Å²) in [5, 5.41) is 17.6. The molecular weight excluding hydrogens is 419 g/mol. The van der Waals surface area contributed by atoms with Gasteiger partial charge in [0, 0.05) is 5.39 Å². The van der Waals surface area contributed by atoms with Crippen molar-refractivity contribution in [2.75, 3.05) is 0 Å².